The highest BCUT2D eigenvalue weighted by molar-refractivity contribution is 7.80. The fourth-order valence-corrected chi connectivity index (χ4v) is 2.00. The van der Waals surface area contributed by atoms with Gasteiger partial charge in [-0.15, -0.1) is 0 Å². The monoisotopic (exact) mass is 347 g/mol. The smallest absolute Gasteiger partial charge is 0.413 e. The molecule has 0 aliphatic heterocycles. The highest BCUT2D eigenvalue weighted by Gasteiger charge is 2.06. The third-order valence-electron chi connectivity index (χ3n) is 2.78. The van der Waals surface area contributed by atoms with Crippen LogP contribution in [0.1, 0.15) is 5.56 Å². The minimum Gasteiger partial charge on any atom is -0.453 e. The number of halogens is 1. The van der Waals surface area contributed by atoms with E-state index in [-0.39, 0.29) is 5.11 Å². The van der Waals surface area contributed by atoms with Crippen molar-refractivity contribution in [3.63, 3.8) is 0 Å². The van der Waals surface area contributed by atoms with Gasteiger partial charge in [-0.25, -0.2) is 4.79 Å². The van der Waals surface area contributed by atoms with Gasteiger partial charge < -0.3 is 10.1 Å². The number of hydrogen-bond acceptors (Lipinski definition) is 4. The van der Waals surface area contributed by atoms with Crippen LogP contribution in [0.25, 0.3) is 0 Å². The van der Waals surface area contributed by atoms with Crippen LogP contribution < -0.4 is 10.6 Å². The molecule has 7 heteroatoms. The molecule has 2 aromatic carbocycles. The van der Waals surface area contributed by atoms with Crippen LogP contribution in [-0.2, 0) is 4.74 Å². The number of ether oxygens (including phenoxy) is 1. The Labute approximate surface area is 144 Å². The van der Waals surface area contributed by atoms with E-state index in [1.807, 2.05) is 30.3 Å². The predicted octanol–water partition coefficient (Wildman–Crippen LogP) is 4.14. The van der Waals surface area contributed by atoms with Crippen molar-refractivity contribution >= 4 is 52.6 Å². The molecule has 0 aliphatic carbocycles. The van der Waals surface area contributed by atoms with Gasteiger partial charge in [-0.1, -0.05) is 35.9 Å². The summed E-state index contributed by atoms with van der Waals surface area (Å²) < 4.78 is 4.49. The van der Waals surface area contributed by atoms with Crippen LogP contribution in [0.15, 0.2) is 53.5 Å². The number of aliphatic imine (C=N–C) groups is 1. The van der Waals surface area contributed by atoms with Crippen molar-refractivity contribution in [2.75, 3.05) is 12.4 Å². The average Bonchev–Trinajstić information content (AvgIpc) is 2.55. The quantitative estimate of drug-likeness (QED) is 0.647. The number of amides is 1. The molecule has 0 unspecified atom stereocenters. The third kappa shape index (κ3) is 5.36. The van der Waals surface area contributed by atoms with Crippen LogP contribution >= 0.6 is 23.8 Å². The van der Waals surface area contributed by atoms with Crippen molar-refractivity contribution in [1.82, 2.24) is 5.32 Å². The van der Waals surface area contributed by atoms with Crippen LogP contribution in [0.4, 0.5) is 16.2 Å². The summed E-state index contributed by atoms with van der Waals surface area (Å²) in [5.74, 6) is 0. The van der Waals surface area contributed by atoms with Crippen molar-refractivity contribution in [1.29, 1.82) is 0 Å². The van der Waals surface area contributed by atoms with E-state index in [0.717, 1.165) is 5.56 Å². The maximum atomic E-state index is 11.1. The number of hydrogen-bond donors (Lipinski definition) is 2. The fourth-order valence-electron chi connectivity index (χ4n) is 1.68. The molecule has 118 valence electrons. The van der Waals surface area contributed by atoms with Gasteiger partial charge in [0.15, 0.2) is 5.11 Å². The van der Waals surface area contributed by atoms with Gasteiger partial charge in [-0.2, -0.15) is 0 Å². The van der Waals surface area contributed by atoms with Gasteiger partial charge in [-0.05, 0) is 42.0 Å². The Bertz CT molecular complexity index is 732. The number of methoxy groups -OCH3 is 1. The van der Waals surface area contributed by atoms with Crippen molar-refractivity contribution in [2.24, 2.45) is 4.99 Å². The predicted molar refractivity (Wildman–Crippen MR) is 96.9 cm³/mol. The second-order valence-corrected chi connectivity index (χ2v) is 5.24. The van der Waals surface area contributed by atoms with E-state index >= 15 is 0 Å². The van der Waals surface area contributed by atoms with Crippen molar-refractivity contribution in [3.8, 4) is 0 Å². The molecule has 2 N–H and O–H groups in total. The molecule has 0 aromatic heterocycles. The summed E-state index contributed by atoms with van der Waals surface area (Å²) >= 11 is 10.9. The number of anilines is 1. The summed E-state index contributed by atoms with van der Waals surface area (Å²) in [6.07, 6.45) is 1.08. The Hall–Kier alpha value is -2.44. The number of nitrogens with zero attached hydrogens (tertiary/aromatic N) is 1. The van der Waals surface area contributed by atoms with Crippen molar-refractivity contribution in [3.05, 3.63) is 59.1 Å². The van der Waals surface area contributed by atoms with Gasteiger partial charge in [0.2, 0.25) is 0 Å². The molecule has 1 amide bonds. The first kappa shape index (κ1) is 16.9. The fraction of sp³-hybridized carbons (Fsp3) is 0.0625. The summed E-state index contributed by atoms with van der Waals surface area (Å²) in [7, 11) is 1.27. The second-order valence-electron chi connectivity index (χ2n) is 4.40. The maximum absolute atomic E-state index is 11.1. The normalized spacial score (nSPS) is 10.3. The molecule has 0 radical (unpaired) electrons. The number of benzene rings is 2. The molecule has 0 saturated carbocycles. The van der Waals surface area contributed by atoms with E-state index in [9.17, 15) is 4.79 Å². The number of thiocarbonyl (C=S) groups is 1. The maximum Gasteiger partial charge on any atom is 0.413 e. The molecule has 2 aromatic rings. The molecular formula is C16H14ClN3O2S. The number of carbonyl (C=O) groups excluding carboxylic acids is 1. The molecule has 0 heterocycles. The highest BCUT2D eigenvalue weighted by atomic mass is 35.5. The Morgan fingerprint density at radius 1 is 1.22 bits per heavy atom. The highest BCUT2D eigenvalue weighted by Crippen LogP contribution is 2.24. The molecule has 5 nitrogen and oxygen atoms in total. The van der Waals surface area contributed by atoms with Gasteiger partial charge >= 0.3 is 6.09 Å². The topological polar surface area (TPSA) is 62.7 Å². The van der Waals surface area contributed by atoms with Crippen LogP contribution in [0, 0.1) is 0 Å². The lowest BCUT2D eigenvalue weighted by Gasteiger charge is -2.10. The van der Waals surface area contributed by atoms with Crippen molar-refractivity contribution in [2.45, 2.75) is 0 Å². The average molecular weight is 348 g/mol. The first-order chi connectivity index (χ1) is 11.1. The Morgan fingerprint density at radius 3 is 2.61 bits per heavy atom. The molecule has 0 atom stereocenters. The number of alkyl carbamates (subject to hydrolysis) is 1. The number of carbonyl (C=O) groups is 1. The van der Waals surface area contributed by atoms with E-state index in [0.29, 0.717) is 16.4 Å². The summed E-state index contributed by atoms with van der Waals surface area (Å²) in [4.78, 5) is 15.6. The Balaban J connectivity index is 2.12. The standard InChI is InChI=1S/C16H14ClN3O2S/c1-22-16(21)20-15(23)19-14-5-3-2-4-13(14)18-10-11-6-8-12(17)9-7-11/h2-10H,1H3,(H2,19,20,21,23)/b18-10+. The van der Waals surface area contributed by atoms with Crippen LogP contribution in [0.3, 0.4) is 0 Å². The van der Waals surface area contributed by atoms with Crippen LogP contribution in [-0.4, -0.2) is 24.5 Å². The second kappa shape index (κ2) is 8.26. The Kier molecular flexibility index (Phi) is 6.08. The molecule has 23 heavy (non-hydrogen) atoms. The van der Waals surface area contributed by atoms with E-state index in [2.05, 4.69) is 20.4 Å². The Morgan fingerprint density at radius 2 is 1.91 bits per heavy atom. The lowest BCUT2D eigenvalue weighted by Crippen LogP contribution is -2.33. The molecule has 0 spiro atoms. The van der Waals surface area contributed by atoms with Gasteiger partial charge in [-0.3, -0.25) is 10.3 Å². The molecule has 2 rings (SSSR count). The minimum absolute atomic E-state index is 0.131. The van der Waals surface area contributed by atoms with Crippen molar-refractivity contribution < 1.29 is 9.53 Å². The molecular weight excluding hydrogens is 334 g/mol. The minimum atomic E-state index is -0.635. The van der Waals surface area contributed by atoms with E-state index in [4.69, 9.17) is 23.8 Å². The summed E-state index contributed by atoms with van der Waals surface area (Å²) in [6.45, 7) is 0. The SMILES string of the molecule is COC(=O)NC(=S)Nc1ccccc1/N=C/c1ccc(Cl)cc1. The van der Waals surface area contributed by atoms with E-state index in [1.165, 1.54) is 7.11 Å². The number of para-hydroxylation sites is 2. The van der Waals surface area contributed by atoms with Crippen LogP contribution in [0.2, 0.25) is 5.02 Å². The largest absolute Gasteiger partial charge is 0.453 e. The number of nitrogens with one attached hydrogen (secondary N) is 2. The van der Waals surface area contributed by atoms with Gasteiger partial charge in [0.25, 0.3) is 0 Å². The lowest BCUT2D eigenvalue weighted by atomic mass is 10.2. The van der Waals surface area contributed by atoms with Gasteiger partial charge in [0.1, 0.15) is 0 Å². The molecule has 0 saturated heterocycles. The van der Waals surface area contributed by atoms with Crippen LogP contribution in [0.5, 0.6) is 0 Å². The lowest BCUT2D eigenvalue weighted by molar-refractivity contribution is 0.177. The zero-order valence-electron chi connectivity index (χ0n) is 12.2. The molecule has 0 fully saturated rings. The zero-order chi connectivity index (χ0) is 16.7. The summed E-state index contributed by atoms with van der Waals surface area (Å²) in [5.41, 5.74) is 2.26. The first-order valence-corrected chi connectivity index (χ1v) is 7.42. The first-order valence-electron chi connectivity index (χ1n) is 6.63. The zero-order valence-corrected chi connectivity index (χ0v) is 13.8. The van der Waals surface area contributed by atoms with E-state index in [1.54, 1.807) is 24.4 Å². The molecule has 0 aliphatic rings. The van der Waals surface area contributed by atoms with E-state index < -0.39 is 6.09 Å². The van der Waals surface area contributed by atoms with Gasteiger partial charge in [0, 0.05) is 11.2 Å². The molecule has 0 bridgehead atoms. The van der Waals surface area contributed by atoms with Gasteiger partial charge in [0.05, 0.1) is 18.5 Å². The number of rotatable bonds is 3. The summed E-state index contributed by atoms with van der Waals surface area (Å²) in [5, 5.41) is 6.08. The summed E-state index contributed by atoms with van der Waals surface area (Å²) in [6, 6.07) is 14.7. The third-order valence-corrected chi connectivity index (χ3v) is 3.23.